The van der Waals surface area contributed by atoms with E-state index in [1.807, 2.05) is 0 Å². The molecule has 164 valence electrons. The molecule has 0 N–H and O–H groups in total. The van der Waals surface area contributed by atoms with Crippen LogP contribution in [0.1, 0.15) is 79.1 Å². The van der Waals surface area contributed by atoms with Gasteiger partial charge >= 0.3 is 61.4 Å². The fourth-order valence-corrected chi connectivity index (χ4v) is 3.72. The van der Waals surface area contributed by atoms with E-state index in [9.17, 15) is 4.11 Å². The van der Waals surface area contributed by atoms with Gasteiger partial charge < -0.3 is 4.48 Å². The Bertz CT molecular complexity index is 359. The molecule has 0 atom stereocenters. The number of unbranched alkanes of at least 4 members (excludes halogenated alkanes) is 4. The summed E-state index contributed by atoms with van der Waals surface area (Å²) in [7, 11) is -1.76. The average Bonchev–Trinajstić information content (AvgIpc) is 2.59. The van der Waals surface area contributed by atoms with Crippen molar-refractivity contribution in [2.24, 2.45) is 0 Å². The Labute approximate surface area is 171 Å². The van der Waals surface area contributed by atoms with Crippen LogP contribution in [0.2, 0.25) is 19.6 Å². The average molecular weight is 404 g/mol. The number of halogens is 1. The van der Waals surface area contributed by atoms with Crippen LogP contribution < -0.4 is 0 Å². The van der Waals surface area contributed by atoms with Crippen molar-refractivity contribution in [3.63, 3.8) is 0 Å². The Morgan fingerprint density at radius 1 is 0.741 bits per heavy atom. The van der Waals surface area contributed by atoms with Crippen molar-refractivity contribution in [2.75, 3.05) is 39.9 Å². The van der Waals surface area contributed by atoms with E-state index in [-0.39, 0.29) is 0 Å². The van der Waals surface area contributed by atoms with Gasteiger partial charge in [0.2, 0.25) is 0 Å². The number of nitrogens with zero attached hydrogens (tertiary/aromatic N) is 1. The van der Waals surface area contributed by atoms with E-state index in [4.69, 9.17) is 0 Å². The monoisotopic (exact) mass is 403 g/mol. The van der Waals surface area contributed by atoms with Crippen LogP contribution >= 0.6 is 0 Å². The Morgan fingerprint density at radius 3 is 1.30 bits per heavy atom. The maximum atomic E-state index is 13.3. The number of quaternary nitrogens is 1. The van der Waals surface area contributed by atoms with Gasteiger partial charge in [-0.1, -0.05) is 53.4 Å². The van der Waals surface area contributed by atoms with Gasteiger partial charge in [0.15, 0.2) is 0 Å². The van der Waals surface area contributed by atoms with Gasteiger partial charge in [0.1, 0.15) is 0 Å². The molecule has 0 saturated heterocycles. The summed E-state index contributed by atoms with van der Waals surface area (Å²) >= 11 is 0. The van der Waals surface area contributed by atoms with Crippen LogP contribution in [0.15, 0.2) is 0 Å². The van der Waals surface area contributed by atoms with Crippen molar-refractivity contribution in [1.82, 2.24) is 0 Å². The molecule has 0 bridgehead atoms. The Balaban J connectivity index is 0. The van der Waals surface area contributed by atoms with E-state index >= 15 is 0 Å². The number of ether oxygens (including phenoxy) is 1. The fourth-order valence-electron chi connectivity index (χ4n) is 3.05. The van der Waals surface area contributed by atoms with Gasteiger partial charge in [-0.25, -0.2) is 0 Å². The molecular formula is C23H50FNOSi. The first-order valence-electron chi connectivity index (χ1n) is 11.3. The summed E-state index contributed by atoms with van der Waals surface area (Å²) < 4.78 is 19.4. The van der Waals surface area contributed by atoms with Crippen molar-refractivity contribution in [3.8, 4) is 11.5 Å². The molecule has 0 aromatic heterocycles. The number of methoxy groups -OCH3 is 1. The third kappa shape index (κ3) is 20.2. The Hall–Kier alpha value is -0.373. The Kier molecular flexibility index (Phi) is 16.6. The molecule has 0 aromatic rings. The second-order valence-corrected chi connectivity index (χ2v) is 15.4. The summed E-state index contributed by atoms with van der Waals surface area (Å²) in [5.41, 5.74) is 2.61. The van der Waals surface area contributed by atoms with Crippen molar-refractivity contribution in [1.29, 1.82) is 0 Å². The second kappa shape index (κ2) is 15.5. The molecule has 2 nitrogen and oxygen atoms in total. The summed E-state index contributed by atoms with van der Waals surface area (Å²) in [6, 6.07) is 0. The van der Waals surface area contributed by atoms with Crippen LogP contribution in [0.5, 0.6) is 0 Å². The van der Waals surface area contributed by atoms with E-state index < -0.39 is 7.68 Å². The molecule has 0 unspecified atom stereocenters. The third-order valence-electron chi connectivity index (χ3n) is 4.67. The molecule has 0 saturated carbocycles. The maximum absolute atomic E-state index is 13.3. The van der Waals surface area contributed by atoms with E-state index in [1.165, 1.54) is 82.0 Å². The number of hydrogen-bond donors (Lipinski definition) is 0. The normalized spacial score (nSPS) is 13.0. The summed E-state index contributed by atoms with van der Waals surface area (Å²) in [6.45, 7) is 20.1. The fraction of sp³-hybridized carbons (Fsp3) is 0.913. The van der Waals surface area contributed by atoms with Gasteiger partial charge in [-0.15, -0.1) is 0 Å². The number of hydrogen-bond acceptors (Lipinski definition) is 1. The Morgan fingerprint density at radius 2 is 1.07 bits per heavy atom. The topological polar surface area (TPSA) is 9.23 Å². The van der Waals surface area contributed by atoms with Crippen molar-refractivity contribution in [2.45, 2.75) is 98.7 Å². The standard InChI is InChI=1S/C16H36N.C7H14FOSi/c1-5-9-13-17(14-10-6-2,15-11-7-3)16-12-8-4;1-9-6-5-7-10(2,3,4)8/h5-16H2,1-4H3;6H2,1-4H3/q+1;-1. The molecule has 0 aliphatic heterocycles. The van der Waals surface area contributed by atoms with Crippen molar-refractivity contribution in [3.05, 3.63) is 0 Å². The zero-order chi connectivity index (χ0) is 21.3. The predicted molar refractivity (Wildman–Crippen MR) is 123 cm³/mol. The van der Waals surface area contributed by atoms with Crippen LogP contribution in [-0.4, -0.2) is 52.1 Å². The molecule has 0 spiro atoms. The zero-order valence-corrected chi connectivity index (χ0v) is 20.9. The summed E-state index contributed by atoms with van der Waals surface area (Å²) in [6.07, 6.45) is 11.1. The summed E-state index contributed by atoms with van der Waals surface area (Å²) in [5.74, 6) is 2.64. The van der Waals surface area contributed by atoms with E-state index in [2.05, 4.69) is 43.9 Å². The van der Waals surface area contributed by atoms with Gasteiger partial charge in [0, 0.05) is 0 Å². The summed E-state index contributed by atoms with van der Waals surface area (Å²) in [4.78, 5) is 0. The van der Waals surface area contributed by atoms with Gasteiger partial charge in [-0.2, -0.15) is 0 Å². The van der Waals surface area contributed by atoms with Crippen LogP contribution in [0.25, 0.3) is 0 Å². The third-order valence-corrected chi connectivity index (χ3v) is 5.69. The first-order valence-corrected chi connectivity index (χ1v) is 15.2. The molecule has 0 aromatic carbocycles. The molecule has 0 heterocycles. The molecular weight excluding hydrogens is 353 g/mol. The molecule has 4 heteroatoms. The zero-order valence-electron chi connectivity index (χ0n) is 19.9. The first-order chi connectivity index (χ1) is 12.6. The molecule has 0 amide bonds. The molecule has 0 aliphatic rings. The van der Waals surface area contributed by atoms with Crippen LogP contribution in [-0.2, 0) is 4.74 Å². The SMILES string of the molecule is CCCC[N+](CCCC)(CCCC)CCCC.COCC#C[Si-](C)(C)(C)F. The van der Waals surface area contributed by atoms with Crippen molar-refractivity contribution < 1.29 is 13.3 Å². The van der Waals surface area contributed by atoms with Crippen LogP contribution in [0.4, 0.5) is 4.11 Å². The van der Waals surface area contributed by atoms with Gasteiger partial charge in [-0.05, 0) is 25.7 Å². The van der Waals surface area contributed by atoms with Gasteiger partial charge in [0.25, 0.3) is 0 Å². The predicted octanol–water partition coefficient (Wildman–Crippen LogP) is 6.94. The molecule has 0 rings (SSSR count). The van der Waals surface area contributed by atoms with E-state index in [1.54, 1.807) is 26.8 Å². The van der Waals surface area contributed by atoms with E-state index in [0.717, 1.165) is 0 Å². The van der Waals surface area contributed by atoms with Gasteiger partial charge in [-0.3, -0.25) is 0 Å². The molecule has 0 aliphatic carbocycles. The molecule has 0 radical (unpaired) electrons. The minimum atomic E-state index is -3.31. The quantitative estimate of drug-likeness (QED) is 0.140. The number of rotatable bonds is 13. The molecule has 0 fully saturated rings. The van der Waals surface area contributed by atoms with E-state index in [0.29, 0.717) is 6.61 Å². The van der Waals surface area contributed by atoms with Crippen LogP contribution in [0.3, 0.4) is 0 Å². The first kappa shape index (κ1) is 28.8. The van der Waals surface area contributed by atoms with Crippen molar-refractivity contribution >= 4 is 7.68 Å². The van der Waals surface area contributed by atoms with Crippen LogP contribution in [0, 0.1) is 11.5 Å². The summed E-state index contributed by atoms with van der Waals surface area (Å²) in [5, 5.41) is 0. The minimum absolute atomic E-state index is 0.322. The second-order valence-electron chi connectivity index (χ2n) is 9.30. The van der Waals surface area contributed by atoms with Gasteiger partial charge in [0.05, 0.1) is 26.2 Å². The molecule has 27 heavy (non-hydrogen) atoms.